The number of primary sulfonamides is 1. The molecule has 0 aromatic heterocycles. The number of fused-ring (bicyclic) bond motifs is 1. The number of sulfonamides is 1. The van der Waals surface area contributed by atoms with Crippen molar-refractivity contribution in [3.8, 4) is 17.2 Å². The first-order valence-corrected chi connectivity index (χ1v) is 8.85. The summed E-state index contributed by atoms with van der Waals surface area (Å²) in [4.78, 5) is 12.4. The van der Waals surface area contributed by atoms with Crippen LogP contribution in [-0.2, 0) is 10.0 Å². The topological polar surface area (TPSA) is 117 Å². The average Bonchev–Trinajstić information content (AvgIpc) is 2.60. The van der Waals surface area contributed by atoms with Crippen LogP contribution in [0.25, 0.3) is 0 Å². The number of anilines is 1. The van der Waals surface area contributed by atoms with Crippen molar-refractivity contribution in [1.29, 1.82) is 0 Å². The summed E-state index contributed by atoms with van der Waals surface area (Å²) in [6.45, 7) is 0.771. The normalized spacial score (nSPS) is 13.2. The Kier molecular flexibility index (Phi) is 4.51. The summed E-state index contributed by atoms with van der Waals surface area (Å²) in [6.07, 6.45) is 0. The Balaban J connectivity index is 1.89. The lowest BCUT2D eigenvalue weighted by atomic mass is 10.1. The van der Waals surface area contributed by atoms with Gasteiger partial charge in [-0.25, -0.2) is 13.6 Å². The number of hydrogen-bond donors (Lipinski definition) is 2. The molecule has 1 heterocycles. The number of rotatable bonds is 4. The van der Waals surface area contributed by atoms with E-state index in [1.165, 1.54) is 37.4 Å². The second-order valence-corrected chi connectivity index (χ2v) is 6.79. The monoisotopic (exact) mass is 364 g/mol. The highest BCUT2D eigenvalue weighted by Crippen LogP contribution is 2.40. The molecule has 1 aliphatic heterocycles. The number of carbonyl (C=O) groups is 1. The third-order valence-corrected chi connectivity index (χ3v) is 4.42. The average molecular weight is 364 g/mol. The van der Waals surface area contributed by atoms with E-state index in [0.717, 1.165) is 0 Å². The van der Waals surface area contributed by atoms with Gasteiger partial charge in [-0.1, -0.05) is 6.07 Å². The van der Waals surface area contributed by atoms with Gasteiger partial charge >= 0.3 is 0 Å². The molecule has 1 aliphatic rings. The minimum atomic E-state index is -3.86. The molecule has 9 heteroatoms. The summed E-state index contributed by atoms with van der Waals surface area (Å²) >= 11 is 0. The molecule has 3 N–H and O–H groups in total. The maximum absolute atomic E-state index is 12.5. The second-order valence-electron chi connectivity index (χ2n) is 5.23. The van der Waals surface area contributed by atoms with Gasteiger partial charge in [0.15, 0.2) is 11.5 Å². The third-order valence-electron chi connectivity index (χ3n) is 3.51. The molecule has 2 aromatic carbocycles. The Morgan fingerprint density at radius 1 is 1.20 bits per heavy atom. The van der Waals surface area contributed by atoms with Gasteiger partial charge in [0.1, 0.15) is 13.2 Å². The van der Waals surface area contributed by atoms with Crippen LogP contribution in [0.1, 0.15) is 10.4 Å². The molecular formula is C16H16N2O6S. The van der Waals surface area contributed by atoms with E-state index in [0.29, 0.717) is 36.1 Å². The molecule has 0 fully saturated rings. The van der Waals surface area contributed by atoms with Crippen molar-refractivity contribution in [3.05, 3.63) is 42.0 Å². The van der Waals surface area contributed by atoms with Gasteiger partial charge in [0.25, 0.3) is 5.91 Å². The van der Waals surface area contributed by atoms with E-state index in [2.05, 4.69) is 5.32 Å². The van der Waals surface area contributed by atoms with Crippen molar-refractivity contribution in [2.45, 2.75) is 4.90 Å². The Morgan fingerprint density at radius 2 is 1.96 bits per heavy atom. The highest BCUT2D eigenvalue weighted by Gasteiger charge is 2.21. The number of methoxy groups -OCH3 is 1. The van der Waals surface area contributed by atoms with Crippen molar-refractivity contribution < 1.29 is 27.4 Å². The van der Waals surface area contributed by atoms with Crippen molar-refractivity contribution in [2.75, 3.05) is 25.6 Å². The summed E-state index contributed by atoms with van der Waals surface area (Å²) in [5.74, 6) is 0.776. The molecule has 2 aromatic rings. The SMILES string of the molecule is COc1cc(C(=O)Nc2cccc(S(N)(=O)=O)c2)cc2c1OCCO2. The summed E-state index contributed by atoms with van der Waals surface area (Å²) in [5, 5.41) is 7.71. The lowest BCUT2D eigenvalue weighted by Gasteiger charge is -2.21. The van der Waals surface area contributed by atoms with Crippen LogP contribution in [-0.4, -0.2) is 34.6 Å². The molecule has 0 unspecified atom stereocenters. The molecule has 0 bridgehead atoms. The first kappa shape index (κ1) is 17.1. The zero-order chi connectivity index (χ0) is 18.0. The number of ether oxygens (including phenoxy) is 3. The largest absolute Gasteiger partial charge is 0.493 e. The Bertz CT molecular complexity index is 909. The second kappa shape index (κ2) is 6.61. The van der Waals surface area contributed by atoms with Gasteiger partial charge in [-0.2, -0.15) is 0 Å². The van der Waals surface area contributed by atoms with Crippen LogP contribution in [0.5, 0.6) is 17.2 Å². The molecule has 0 radical (unpaired) electrons. The fourth-order valence-corrected chi connectivity index (χ4v) is 2.92. The van der Waals surface area contributed by atoms with E-state index in [9.17, 15) is 13.2 Å². The number of nitrogens with one attached hydrogen (secondary N) is 1. The molecule has 0 spiro atoms. The quantitative estimate of drug-likeness (QED) is 0.846. The van der Waals surface area contributed by atoms with Gasteiger partial charge in [-0.3, -0.25) is 4.79 Å². The molecular weight excluding hydrogens is 348 g/mol. The third kappa shape index (κ3) is 3.67. The van der Waals surface area contributed by atoms with Gasteiger partial charge in [0.05, 0.1) is 12.0 Å². The molecule has 1 amide bonds. The lowest BCUT2D eigenvalue weighted by Crippen LogP contribution is -2.18. The molecule has 0 saturated carbocycles. The number of nitrogens with two attached hydrogens (primary N) is 1. The summed E-state index contributed by atoms with van der Waals surface area (Å²) in [5.41, 5.74) is 0.576. The molecule has 25 heavy (non-hydrogen) atoms. The fraction of sp³-hybridized carbons (Fsp3) is 0.188. The first-order valence-electron chi connectivity index (χ1n) is 7.30. The molecule has 0 saturated heterocycles. The number of amides is 1. The molecule has 3 rings (SSSR count). The number of carbonyl (C=O) groups excluding carboxylic acids is 1. The summed E-state index contributed by atoms with van der Waals surface area (Å²) < 4.78 is 39.0. The van der Waals surface area contributed by atoms with Crippen molar-refractivity contribution in [2.24, 2.45) is 5.14 Å². The maximum Gasteiger partial charge on any atom is 0.255 e. The minimum absolute atomic E-state index is 0.0925. The highest BCUT2D eigenvalue weighted by atomic mass is 32.2. The standard InChI is InChI=1S/C16H16N2O6S/c1-22-13-7-10(8-14-15(13)24-6-5-23-14)16(19)18-11-3-2-4-12(9-11)25(17,20)21/h2-4,7-9H,5-6H2,1H3,(H,18,19)(H2,17,20,21). The highest BCUT2D eigenvalue weighted by molar-refractivity contribution is 7.89. The van der Waals surface area contributed by atoms with Gasteiger partial charge < -0.3 is 19.5 Å². The summed E-state index contributed by atoms with van der Waals surface area (Å²) in [7, 11) is -2.39. The lowest BCUT2D eigenvalue weighted by molar-refractivity contribution is 0.102. The van der Waals surface area contributed by atoms with Crippen molar-refractivity contribution in [1.82, 2.24) is 0 Å². The van der Waals surface area contributed by atoms with Gasteiger partial charge in [-0.05, 0) is 30.3 Å². The fourth-order valence-electron chi connectivity index (χ4n) is 2.36. The molecule has 0 atom stereocenters. The van der Waals surface area contributed by atoms with Gasteiger partial charge in [0.2, 0.25) is 15.8 Å². The Morgan fingerprint density at radius 3 is 2.68 bits per heavy atom. The first-order chi connectivity index (χ1) is 11.9. The van der Waals surface area contributed by atoms with E-state index >= 15 is 0 Å². The Labute approximate surface area is 144 Å². The Hall–Kier alpha value is -2.78. The molecule has 132 valence electrons. The predicted molar refractivity (Wildman–Crippen MR) is 89.8 cm³/mol. The van der Waals surface area contributed by atoms with Crippen LogP contribution in [0.3, 0.4) is 0 Å². The van der Waals surface area contributed by atoms with Crippen molar-refractivity contribution >= 4 is 21.6 Å². The van der Waals surface area contributed by atoms with Crippen LogP contribution in [0.15, 0.2) is 41.3 Å². The zero-order valence-corrected chi connectivity index (χ0v) is 14.1. The van der Waals surface area contributed by atoms with Crippen LogP contribution in [0.4, 0.5) is 5.69 Å². The van der Waals surface area contributed by atoms with E-state index < -0.39 is 15.9 Å². The van der Waals surface area contributed by atoms with Gasteiger partial charge in [0, 0.05) is 11.3 Å². The van der Waals surface area contributed by atoms with Crippen LogP contribution in [0.2, 0.25) is 0 Å². The minimum Gasteiger partial charge on any atom is -0.493 e. The zero-order valence-electron chi connectivity index (χ0n) is 13.3. The van der Waals surface area contributed by atoms with E-state index in [1.54, 1.807) is 6.07 Å². The van der Waals surface area contributed by atoms with E-state index in [1.807, 2.05) is 0 Å². The van der Waals surface area contributed by atoms with E-state index in [-0.39, 0.29) is 10.5 Å². The number of benzene rings is 2. The van der Waals surface area contributed by atoms with E-state index in [4.69, 9.17) is 19.3 Å². The van der Waals surface area contributed by atoms with Crippen LogP contribution in [0, 0.1) is 0 Å². The van der Waals surface area contributed by atoms with Crippen molar-refractivity contribution in [3.63, 3.8) is 0 Å². The molecule has 8 nitrogen and oxygen atoms in total. The maximum atomic E-state index is 12.5. The van der Waals surface area contributed by atoms with Crippen LogP contribution < -0.4 is 24.7 Å². The smallest absolute Gasteiger partial charge is 0.255 e. The number of hydrogen-bond acceptors (Lipinski definition) is 6. The van der Waals surface area contributed by atoms with Crippen LogP contribution >= 0.6 is 0 Å². The molecule has 0 aliphatic carbocycles. The van der Waals surface area contributed by atoms with Gasteiger partial charge in [-0.15, -0.1) is 0 Å². The summed E-state index contributed by atoms with van der Waals surface area (Å²) in [6, 6.07) is 8.73. The predicted octanol–water partition coefficient (Wildman–Crippen LogP) is 1.37.